The number of halogens is 9. The minimum Gasteiger partial charge on any atom is -0.497 e. The Labute approximate surface area is 212 Å². The number of rotatable bonds is 7. The molecule has 210 valence electrons. The van der Waals surface area contributed by atoms with Gasteiger partial charge in [0, 0.05) is 24.7 Å². The van der Waals surface area contributed by atoms with Crippen molar-refractivity contribution in [1.82, 2.24) is 4.90 Å². The Morgan fingerprint density at radius 2 is 1.53 bits per heavy atom. The first kappa shape index (κ1) is 29.4. The molecule has 0 unspecified atom stereocenters. The van der Waals surface area contributed by atoms with Crippen LogP contribution in [0.3, 0.4) is 0 Å². The molecule has 0 saturated carbocycles. The van der Waals surface area contributed by atoms with Crippen molar-refractivity contribution < 1.29 is 49.0 Å². The van der Waals surface area contributed by atoms with Gasteiger partial charge in [-0.1, -0.05) is 50.2 Å². The lowest BCUT2D eigenvalue weighted by molar-refractivity contribution is -0.399. The molecule has 13 heteroatoms. The molecule has 1 aliphatic rings. The molecule has 0 bridgehead atoms. The van der Waals surface area contributed by atoms with Gasteiger partial charge in [0.25, 0.3) is 0 Å². The van der Waals surface area contributed by atoms with E-state index in [0.29, 0.717) is 5.75 Å². The van der Waals surface area contributed by atoms with Gasteiger partial charge < -0.3 is 15.0 Å². The molecule has 1 aliphatic heterocycles. The van der Waals surface area contributed by atoms with Gasteiger partial charge in [-0.2, -0.15) is 39.5 Å². The molecule has 38 heavy (non-hydrogen) atoms. The summed E-state index contributed by atoms with van der Waals surface area (Å²) in [6.07, 6.45) is -9.57. The number of alkyl halides is 9. The summed E-state index contributed by atoms with van der Waals surface area (Å²) in [5.41, 5.74) is -3.37. The largest absolute Gasteiger partial charge is 0.497 e. The van der Waals surface area contributed by atoms with Gasteiger partial charge in [-0.15, -0.1) is 0 Å². The summed E-state index contributed by atoms with van der Waals surface area (Å²) in [6, 6.07) is 11.4. The number of methoxy groups -OCH3 is 1. The van der Waals surface area contributed by atoms with E-state index >= 15 is 8.78 Å². The van der Waals surface area contributed by atoms with Crippen molar-refractivity contribution in [2.45, 2.75) is 56.2 Å². The second-order valence-corrected chi connectivity index (χ2v) is 10.0. The summed E-state index contributed by atoms with van der Waals surface area (Å²) in [7, 11) is 1.35. The van der Waals surface area contributed by atoms with Crippen molar-refractivity contribution in [2.24, 2.45) is 5.41 Å². The van der Waals surface area contributed by atoms with E-state index in [1.807, 2.05) is 0 Å². The quantitative estimate of drug-likeness (QED) is 0.355. The molecule has 4 nitrogen and oxygen atoms in total. The third-order valence-corrected chi connectivity index (χ3v) is 6.48. The summed E-state index contributed by atoms with van der Waals surface area (Å²) >= 11 is 0. The zero-order valence-corrected chi connectivity index (χ0v) is 20.5. The van der Waals surface area contributed by atoms with E-state index in [4.69, 9.17) is 4.74 Å². The fourth-order valence-electron chi connectivity index (χ4n) is 4.83. The van der Waals surface area contributed by atoms with Crippen LogP contribution >= 0.6 is 0 Å². The molecular weight excluding hydrogens is 531 g/mol. The van der Waals surface area contributed by atoms with Crippen molar-refractivity contribution in [3.63, 3.8) is 0 Å². The summed E-state index contributed by atoms with van der Waals surface area (Å²) < 4.78 is 130. The van der Waals surface area contributed by atoms with E-state index in [2.05, 4.69) is 5.32 Å². The topological polar surface area (TPSA) is 41.6 Å². The van der Waals surface area contributed by atoms with E-state index in [9.17, 15) is 35.5 Å². The van der Waals surface area contributed by atoms with Crippen LogP contribution in [0.15, 0.2) is 54.6 Å². The summed E-state index contributed by atoms with van der Waals surface area (Å²) in [6.45, 7) is 2.77. The first-order valence-corrected chi connectivity index (χ1v) is 11.3. The molecule has 3 rings (SSSR count). The first-order valence-electron chi connectivity index (χ1n) is 11.3. The van der Waals surface area contributed by atoms with Crippen LogP contribution in [0.25, 0.3) is 0 Å². The minimum absolute atomic E-state index is 0.128. The van der Waals surface area contributed by atoms with Crippen molar-refractivity contribution in [3.05, 3.63) is 60.2 Å². The zero-order valence-electron chi connectivity index (χ0n) is 20.5. The molecule has 0 radical (unpaired) electrons. The van der Waals surface area contributed by atoms with Crippen LogP contribution < -0.4 is 10.1 Å². The molecule has 0 aliphatic carbocycles. The van der Waals surface area contributed by atoms with Crippen molar-refractivity contribution in [2.75, 3.05) is 19.0 Å². The number of ether oxygens (including phenoxy) is 1. The molecule has 2 aromatic carbocycles. The first-order chi connectivity index (χ1) is 17.3. The van der Waals surface area contributed by atoms with Crippen LogP contribution in [0.4, 0.5) is 50.0 Å². The Balaban J connectivity index is 2.13. The molecule has 1 fully saturated rings. The highest BCUT2D eigenvalue weighted by molar-refractivity contribution is 5.90. The Bertz CT molecular complexity index is 1150. The van der Waals surface area contributed by atoms with Gasteiger partial charge in [0.1, 0.15) is 5.75 Å². The molecule has 1 atom stereocenters. The average Bonchev–Trinajstić information content (AvgIpc) is 3.09. The summed E-state index contributed by atoms with van der Waals surface area (Å²) in [4.78, 5) is 14.2. The highest BCUT2D eigenvalue weighted by atomic mass is 19.4. The zero-order chi connectivity index (χ0) is 28.8. The number of carbonyl (C=O) groups excluding carboxylic acids is 1. The van der Waals surface area contributed by atoms with Gasteiger partial charge in [-0.05, 0) is 29.5 Å². The minimum atomic E-state index is -7.04. The van der Waals surface area contributed by atoms with Gasteiger partial charge >= 0.3 is 30.0 Å². The van der Waals surface area contributed by atoms with Gasteiger partial charge in [-0.25, -0.2) is 4.79 Å². The number of amides is 2. The number of urea groups is 1. The van der Waals surface area contributed by atoms with Gasteiger partial charge in [-0.3, -0.25) is 0 Å². The van der Waals surface area contributed by atoms with Crippen LogP contribution in [0.2, 0.25) is 0 Å². The van der Waals surface area contributed by atoms with E-state index < -0.39 is 53.8 Å². The molecule has 2 aromatic rings. The van der Waals surface area contributed by atoms with E-state index in [0.717, 1.165) is 4.90 Å². The Morgan fingerprint density at radius 3 is 2.08 bits per heavy atom. The number of hydrogen-bond donors (Lipinski definition) is 1. The van der Waals surface area contributed by atoms with Crippen LogP contribution in [0, 0.1) is 5.41 Å². The highest BCUT2D eigenvalue weighted by Gasteiger charge is 2.82. The van der Waals surface area contributed by atoms with Crippen LogP contribution in [-0.2, 0) is 5.54 Å². The number of nitrogens with one attached hydrogen (secondary N) is 1. The fourth-order valence-corrected chi connectivity index (χ4v) is 4.83. The lowest BCUT2D eigenvalue weighted by atomic mass is 9.75. The number of hydrogen-bond acceptors (Lipinski definition) is 2. The number of carbonyl (C=O) groups is 1. The Morgan fingerprint density at radius 1 is 0.921 bits per heavy atom. The lowest BCUT2D eigenvalue weighted by Gasteiger charge is -2.43. The maximum absolute atomic E-state index is 15.1. The second-order valence-electron chi connectivity index (χ2n) is 10.0. The fraction of sp³-hybridized carbons (Fsp3) is 0.480. The normalized spacial score (nSPS) is 20.4. The van der Waals surface area contributed by atoms with Gasteiger partial charge in [0.05, 0.1) is 12.6 Å². The standard InChI is InChI=1S/C25H25F9N2O2/c1-20(2)13-21(16-8-5-4-6-9-16,14-22(26,27)23(28,29)24(30,31)25(32,33)34)36(15-20)19(37)35-17-10-7-11-18(12-17)38-3/h4-12H,13-15H2,1-3H3,(H,35,37)/t21-/m1/s1. The predicted molar refractivity (Wildman–Crippen MR) is 121 cm³/mol. The number of anilines is 1. The highest BCUT2D eigenvalue weighted by Crippen LogP contribution is 2.59. The van der Waals surface area contributed by atoms with E-state index in [1.165, 1.54) is 69.5 Å². The van der Waals surface area contributed by atoms with Crippen molar-refractivity contribution in [1.29, 1.82) is 0 Å². The number of likely N-dealkylation sites (tertiary alicyclic amines) is 1. The molecule has 1 N–H and O–H groups in total. The van der Waals surface area contributed by atoms with E-state index in [-0.39, 0.29) is 17.8 Å². The number of benzene rings is 2. The van der Waals surface area contributed by atoms with Crippen molar-refractivity contribution in [3.8, 4) is 5.75 Å². The third-order valence-electron chi connectivity index (χ3n) is 6.48. The van der Waals surface area contributed by atoms with Crippen LogP contribution in [0.5, 0.6) is 5.75 Å². The maximum Gasteiger partial charge on any atom is 0.460 e. The number of nitrogens with zero attached hydrogens (tertiary/aromatic N) is 1. The SMILES string of the molecule is COc1cccc(NC(=O)N2CC(C)(C)C[C@@]2(CC(F)(F)C(F)(F)C(F)(F)C(F)(F)F)c2ccccc2)c1. The lowest BCUT2D eigenvalue weighted by Crippen LogP contribution is -2.63. The average molecular weight is 556 g/mol. The molecule has 1 saturated heterocycles. The molecule has 0 aromatic heterocycles. The molecular formula is C25H25F9N2O2. The van der Waals surface area contributed by atoms with Crippen LogP contribution in [0.1, 0.15) is 32.3 Å². The Hall–Kier alpha value is -3.12. The molecule has 1 heterocycles. The Kier molecular flexibility index (Phi) is 7.41. The van der Waals surface area contributed by atoms with Crippen LogP contribution in [-0.4, -0.2) is 48.5 Å². The monoisotopic (exact) mass is 556 g/mol. The third kappa shape index (κ3) is 5.11. The van der Waals surface area contributed by atoms with Crippen molar-refractivity contribution >= 4 is 11.7 Å². The molecule has 0 spiro atoms. The van der Waals surface area contributed by atoms with Gasteiger partial charge in [0.15, 0.2) is 0 Å². The second kappa shape index (κ2) is 9.57. The summed E-state index contributed by atoms with van der Waals surface area (Å²) in [5, 5.41) is 2.45. The van der Waals surface area contributed by atoms with Gasteiger partial charge in [0.2, 0.25) is 0 Å². The maximum atomic E-state index is 15.1. The summed E-state index contributed by atoms with van der Waals surface area (Å²) in [5.74, 6) is -19.4. The predicted octanol–water partition coefficient (Wildman–Crippen LogP) is 7.71. The smallest absolute Gasteiger partial charge is 0.460 e. The van der Waals surface area contributed by atoms with E-state index in [1.54, 1.807) is 6.07 Å². The molecule has 2 amide bonds.